The molecule has 4 nitrogen and oxygen atoms in total. The Labute approximate surface area is 156 Å². The second kappa shape index (κ2) is 7.37. The molecule has 25 heavy (non-hydrogen) atoms. The SMILES string of the molecule is CNC(=S)N(Cc1cccs1)Cc1cc2cc(C)cc(C)c2[nH]c1=O. The number of nitrogens with one attached hydrogen (secondary N) is 2. The van der Waals surface area contributed by atoms with Gasteiger partial charge in [0.15, 0.2) is 5.11 Å². The van der Waals surface area contributed by atoms with Crippen LogP contribution in [0.25, 0.3) is 10.9 Å². The molecule has 2 heterocycles. The van der Waals surface area contributed by atoms with E-state index in [0.717, 1.165) is 16.5 Å². The fourth-order valence-corrected chi connectivity index (χ4v) is 3.85. The average molecular weight is 372 g/mol. The molecule has 1 aromatic carbocycles. The summed E-state index contributed by atoms with van der Waals surface area (Å²) in [4.78, 5) is 18.8. The van der Waals surface area contributed by atoms with Gasteiger partial charge in [-0.3, -0.25) is 4.79 Å². The van der Waals surface area contributed by atoms with Crippen molar-refractivity contribution in [1.29, 1.82) is 0 Å². The molecule has 0 saturated carbocycles. The zero-order valence-electron chi connectivity index (χ0n) is 14.6. The van der Waals surface area contributed by atoms with E-state index in [1.165, 1.54) is 10.4 Å². The van der Waals surface area contributed by atoms with Crippen LogP contribution in [0.5, 0.6) is 0 Å². The van der Waals surface area contributed by atoms with Crippen LogP contribution in [-0.2, 0) is 13.1 Å². The van der Waals surface area contributed by atoms with E-state index in [-0.39, 0.29) is 5.56 Å². The maximum atomic E-state index is 12.6. The zero-order valence-corrected chi connectivity index (χ0v) is 16.2. The molecule has 0 unspecified atom stereocenters. The number of benzene rings is 1. The smallest absolute Gasteiger partial charge is 0.253 e. The quantitative estimate of drug-likeness (QED) is 0.687. The number of fused-ring (bicyclic) bond motifs is 1. The molecule has 3 aromatic rings. The molecule has 0 saturated heterocycles. The van der Waals surface area contributed by atoms with Gasteiger partial charge in [0.1, 0.15) is 0 Å². The van der Waals surface area contributed by atoms with Crippen molar-refractivity contribution in [3.63, 3.8) is 0 Å². The highest BCUT2D eigenvalue weighted by molar-refractivity contribution is 7.80. The van der Waals surface area contributed by atoms with E-state index in [2.05, 4.69) is 35.4 Å². The van der Waals surface area contributed by atoms with Gasteiger partial charge >= 0.3 is 0 Å². The van der Waals surface area contributed by atoms with Gasteiger partial charge in [-0.1, -0.05) is 17.7 Å². The van der Waals surface area contributed by atoms with E-state index in [1.807, 2.05) is 29.3 Å². The summed E-state index contributed by atoms with van der Waals surface area (Å²) in [5.41, 5.74) is 3.82. The van der Waals surface area contributed by atoms with Crippen LogP contribution < -0.4 is 10.9 Å². The second-order valence-electron chi connectivity index (χ2n) is 6.16. The molecule has 0 aliphatic heterocycles. The van der Waals surface area contributed by atoms with Gasteiger partial charge < -0.3 is 15.2 Å². The Morgan fingerprint density at radius 1 is 1.28 bits per heavy atom. The van der Waals surface area contributed by atoms with Crippen LogP contribution in [0.3, 0.4) is 0 Å². The topological polar surface area (TPSA) is 48.1 Å². The summed E-state index contributed by atoms with van der Waals surface area (Å²) >= 11 is 7.12. The van der Waals surface area contributed by atoms with E-state index in [4.69, 9.17) is 12.2 Å². The number of nitrogens with zero attached hydrogens (tertiary/aromatic N) is 1. The van der Waals surface area contributed by atoms with Gasteiger partial charge in [0.25, 0.3) is 5.56 Å². The number of aryl methyl sites for hydroxylation is 2. The molecule has 0 amide bonds. The Bertz CT molecular complexity index is 961. The van der Waals surface area contributed by atoms with E-state index >= 15 is 0 Å². The first kappa shape index (κ1) is 17.6. The van der Waals surface area contributed by atoms with Crippen molar-refractivity contribution in [2.75, 3.05) is 7.05 Å². The third kappa shape index (κ3) is 3.91. The Kier molecular flexibility index (Phi) is 5.20. The highest BCUT2D eigenvalue weighted by Gasteiger charge is 2.14. The third-order valence-electron chi connectivity index (χ3n) is 4.16. The Balaban J connectivity index is 1.97. The molecular formula is C19H21N3OS2. The molecule has 0 bridgehead atoms. The van der Waals surface area contributed by atoms with Gasteiger partial charge in [-0.25, -0.2) is 0 Å². The van der Waals surface area contributed by atoms with Crippen LogP contribution in [0.1, 0.15) is 21.6 Å². The Morgan fingerprint density at radius 2 is 2.08 bits per heavy atom. The number of H-pyrrole nitrogens is 1. The largest absolute Gasteiger partial charge is 0.366 e. The zero-order chi connectivity index (χ0) is 18.0. The van der Waals surface area contributed by atoms with Crippen LogP contribution >= 0.6 is 23.6 Å². The third-order valence-corrected chi connectivity index (χ3v) is 5.48. The maximum Gasteiger partial charge on any atom is 0.253 e. The van der Waals surface area contributed by atoms with Gasteiger partial charge in [0, 0.05) is 17.5 Å². The minimum absolute atomic E-state index is 0.0606. The summed E-state index contributed by atoms with van der Waals surface area (Å²) in [5, 5.41) is 6.76. The summed E-state index contributed by atoms with van der Waals surface area (Å²) in [6, 6.07) is 10.3. The minimum atomic E-state index is -0.0606. The number of rotatable bonds is 4. The number of hydrogen-bond donors (Lipinski definition) is 2. The van der Waals surface area contributed by atoms with Crippen molar-refractivity contribution in [2.45, 2.75) is 26.9 Å². The first-order valence-corrected chi connectivity index (χ1v) is 9.39. The van der Waals surface area contributed by atoms with Crippen molar-refractivity contribution in [2.24, 2.45) is 0 Å². The number of pyridine rings is 1. The molecule has 0 atom stereocenters. The predicted molar refractivity (Wildman–Crippen MR) is 109 cm³/mol. The first-order valence-electron chi connectivity index (χ1n) is 8.10. The maximum absolute atomic E-state index is 12.6. The molecule has 0 radical (unpaired) electrons. The number of aromatic nitrogens is 1. The van der Waals surface area contributed by atoms with Crippen molar-refractivity contribution < 1.29 is 0 Å². The highest BCUT2D eigenvalue weighted by Crippen LogP contribution is 2.19. The van der Waals surface area contributed by atoms with Gasteiger partial charge in [-0.05, 0) is 60.6 Å². The lowest BCUT2D eigenvalue weighted by Gasteiger charge is -2.24. The molecule has 0 fully saturated rings. The molecule has 2 N–H and O–H groups in total. The fraction of sp³-hybridized carbons (Fsp3) is 0.263. The molecule has 3 rings (SSSR count). The molecule has 0 aliphatic carbocycles. The van der Waals surface area contributed by atoms with Crippen LogP contribution in [0, 0.1) is 13.8 Å². The lowest BCUT2D eigenvalue weighted by Crippen LogP contribution is -2.38. The summed E-state index contributed by atoms with van der Waals surface area (Å²) in [7, 11) is 1.81. The van der Waals surface area contributed by atoms with Crippen molar-refractivity contribution in [3.8, 4) is 0 Å². The van der Waals surface area contributed by atoms with Gasteiger partial charge in [-0.15, -0.1) is 11.3 Å². The normalized spacial score (nSPS) is 10.8. The van der Waals surface area contributed by atoms with Crippen LogP contribution in [0.2, 0.25) is 0 Å². The highest BCUT2D eigenvalue weighted by atomic mass is 32.1. The molecular weight excluding hydrogens is 350 g/mol. The van der Waals surface area contributed by atoms with Gasteiger partial charge in [0.05, 0.1) is 18.6 Å². The summed E-state index contributed by atoms with van der Waals surface area (Å²) in [5.74, 6) is 0. The lowest BCUT2D eigenvalue weighted by molar-refractivity contribution is 0.404. The van der Waals surface area contributed by atoms with E-state index in [0.29, 0.717) is 23.8 Å². The Hall–Kier alpha value is -2.18. The number of thiocarbonyl (C=S) groups is 1. The summed E-state index contributed by atoms with van der Waals surface area (Å²) in [6.07, 6.45) is 0. The van der Waals surface area contributed by atoms with E-state index in [1.54, 1.807) is 18.4 Å². The van der Waals surface area contributed by atoms with E-state index in [9.17, 15) is 4.79 Å². The summed E-state index contributed by atoms with van der Waals surface area (Å²) < 4.78 is 0. The van der Waals surface area contributed by atoms with Crippen molar-refractivity contribution in [3.05, 3.63) is 67.6 Å². The van der Waals surface area contributed by atoms with Crippen LogP contribution in [0.15, 0.2) is 40.5 Å². The van der Waals surface area contributed by atoms with Crippen molar-refractivity contribution in [1.82, 2.24) is 15.2 Å². The minimum Gasteiger partial charge on any atom is -0.366 e. The number of hydrogen-bond acceptors (Lipinski definition) is 3. The number of aromatic amines is 1. The fourth-order valence-electron chi connectivity index (χ4n) is 3.00. The molecule has 0 spiro atoms. The van der Waals surface area contributed by atoms with Crippen LogP contribution in [0.4, 0.5) is 0 Å². The van der Waals surface area contributed by atoms with Gasteiger partial charge in [-0.2, -0.15) is 0 Å². The van der Waals surface area contributed by atoms with Crippen LogP contribution in [-0.4, -0.2) is 22.0 Å². The predicted octanol–water partition coefficient (Wildman–Crippen LogP) is 3.71. The lowest BCUT2D eigenvalue weighted by atomic mass is 10.1. The monoisotopic (exact) mass is 371 g/mol. The second-order valence-corrected chi connectivity index (χ2v) is 7.58. The average Bonchev–Trinajstić information content (AvgIpc) is 3.08. The first-order chi connectivity index (χ1) is 12.0. The standard InChI is InChI=1S/C19H21N3OS2/c1-12-7-13(2)17-14(8-12)9-15(18(23)21-17)10-22(19(24)20-3)11-16-5-4-6-25-16/h4-9H,10-11H2,1-3H3,(H,20,24)(H,21,23). The van der Waals surface area contributed by atoms with E-state index < -0.39 is 0 Å². The van der Waals surface area contributed by atoms with Gasteiger partial charge in [0.2, 0.25) is 0 Å². The van der Waals surface area contributed by atoms with Crippen molar-refractivity contribution >= 4 is 39.6 Å². The summed E-state index contributed by atoms with van der Waals surface area (Å²) in [6.45, 7) is 5.23. The molecule has 130 valence electrons. The number of thiophene rings is 1. The molecule has 2 aromatic heterocycles. The Morgan fingerprint density at radius 3 is 2.76 bits per heavy atom. The molecule has 6 heteroatoms. The molecule has 0 aliphatic rings.